The van der Waals surface area contributed by atoms with Gasteiger partial charge >= 0.3 is 6.03 Å². The van der Waals surface area contributed by atoms with Gasteiger partial charge in [0, 0.05) is 57.8 Å². The number of urea groups is 1. The zero-order valence-corrected chi connectivity index (χ0v) is 25.5. The molecule has 1 fully saturated rings. The number of nitrogens with zero attached hydrogens (tertiary/aromatic N) is 3. The second-order valence-corrected chi connectivity index (χ2v) is 10.9. The third kappa shape index (κ3) is 9.16. The van der Waals surface area contributed by atoms with Crippen molar-refractivity contribution in [2.24, 2.45) is 0 Å². The summed E-state index contributed by atoms with van der Waals surface area (Å²) >= 11 is 0. The molecule has 2 aliphatic heterocycles. The van der Waals surface area contributed by atoms with Crippen molar-refractivity contribution in [2.75, 3.05) is 46.5 Å². The number of carbonyl (C=O) groups is 3. The molecule has 4 N–H and O–H groups in total. The zero-order valence-electron chi connectivity index (χ0n) is 25.5. The first kappa shape index (κ1) is 31.7. The Morgan fingerprint density at radius 2 is 1.96 bits per heavy atom. The van der Waals surface area contributed by atoms with E-state index in [9.17, 15) is 14.4 Å². The number of aromatic amines is 1. The van der Waals surface area contributed by atoms with Gasteiger partial charge in [-0.15, -0.1) is 0 Å². The standard InChI is InChI=1S/C31H39N7O7/c1-20-34-28(37-36-20)6-7-29(39)38-11-8-26-27(18-38)44-19-21-4-3-5-23(14-21)45-25-16-22(15-24(17-25)43-13-12-42-2)30(40)32-9-10-33-31(41)35-26/h3-5,14-17,26-27H,6-13,18-19H2,1-2H3,(H,32,40)(H2,33,35,41)(H,34,36,37)/t26-,27-/m0/s1. The van der Waals surface area contributed by atoms with Crippen molar-refractivity contribution in [3.05, 3.63) is 65.2 Å². The van der Waals surface area contributed by atoms with Crippen LogP contribution < -0.4 is 25.4 Å². The second kappa shape index (κ2) is 15.3. The second-order valence-electron chi connectivity index (χ2n) is 10.9. The summed E-state index contributed by atoms with van der Waals surface area (Å²) in [5.74, 6) is 2.37. The van der Waals surface area contributed by atoms with Crippen LogP contribution in [0.15, 0.2) is 42.5 Å². The van der Waals surface area contributed by atoms with Gasteiger partial charge in [0.05, 0.1) is 25.4 Å². The van der Waals surface area contributed by atoms with Gasteiger partial charge < -0.3 is 39.8 Å². The number of nitrogens with one attached hydrogen (secondary N) is 4. The van der Waals surface area contributed by atoms with E-state index in [1.54, 1.807) is 30.2 Å². The van der Waals surface area contributed by atoms with E-state index in [0.29, 0.717) is 73.6 Å². The van der Waals surface area contributed by atoms with Crippen molar-refractivity contribution in [3.8, 4) is 17.2 Å². The minimum Gasteiger partial charge on any atom is -0.491 e. The first-order valence-electron chi connectivity index (χ1n) is 15.0. The topological polar surface area (TPSA) is 169 Å². The third-order valence-corrected chi connectivity index (χ3v) is 7.43. The van der Waals surface area contributed by atoms with Crippen molar-refractivity contribution >= 4 is 17.8 Å². The van der Waals surface area contributed by atoms with Crippen LogP contribution >= 0.6 is 0 Å². The fraction of sp³-hybridized carbons (Fsp3) is 0.452. The average Bonchev–Trinajstić information content (AvgIpc) is 3.46. The minimum absolute atomic E-state index is 0.0256. The highest BCUT2D eigenvalue weighted by atomic mass is 16.5. The number of fused-ring (bicyclic) bond motifs is 5. The molecule has 4 bridgehead atoms. The van der Waals surface area contributed by atoms with Gasteiger partial charge in [0.1, 0.15) is 29.7 Å². The lowest BCUT2D eigenvalue weighted by Crippen LogP contribution is -2.58. The number of ether oxygens (including phenoxy) is 4. The highest BCUT2D eigenvalue weighted by Crippen LogP contribution is 2.29. The van der Waals surface area contributed by atoms with E-state index in [1.807, 2.05) is 31.2 Å². The van der Waals surface area contributed by atoms with Gasteiger partial charge in [-0.2, -0.15) is 5.10 Å². The predicted octanol–water partition coefficient (Wildman–Crippen LogP) is 2.09. The van der Waals surface area contributed by atoms with E-state index < -0.39 is 6.10 Å². The van der Waals surface area contributed by atoms with Crippen molar-refractivity contribution in [2.45, 2.75) is 44.9 Å². The summed E-state index contributed by atoms with van der Waals surface area (Å²) in [5.41, 5.74) is 1.19. The van der Waals surface area contributed by atoms with Crippen LogP contribution in [0.3, 0.4) is 0 Å². The van der Waals surface area contributed by atoms with E-state index in [4.69, 9.17) is 18.9 Å². The molecule has 0 spiro atoms. The number of piperidine rings is 1. The number of amides is 4. The molecule has 2 aliphatic rings. The molecule has 1 aromatic heterocycles. The lowest BCUT2D eigenvalue weighted by molar-refractivity contribution is -0.136. The maximum absolute atomic E-state index is 13.1. The van der Waals surface area contributed by atoms with E-state index in [-0.39, 0.29) is 50.0 Å². The molecule has 0 saturated carbocycles. The molecular formula is C31H39N7O7. The molecule has 14 nitrogen and oxygen atoms in total. The Morgan fingerprint density at radius 3 is 2.78 bits per heavy atom. The lowest BCUT2D eigenvalue weighted by atomic mass is 10.0. The van der Waals surface area contributed by atoms with Crippen molar-refractivity contribution < 1.29 is 33.3 Å². The normalized spacial score (nSPS) is 19.1. The molecule has 2 aromatic carbocycles. The average molecular weight is 622 g/mol. The van der Waals surface area contributed by atoms with Crippen LogP contribution in [0.1, 0.15) is 40.4 Å². The van der Waals surface area contributed by atoms with Gasteiger partial charge in [-0.05, 0) is 43.2 Å². The fourth-order valence-corrected chi connectivity index (χ4v) is 5.15. The Hall–Kier alpha value is -4.69. The highest BCUT2D eigenvalue weighted by molar-refractivity contribution is 5.95. The molecule has 0 radical (unpaired) electrons. The number of H-pyrrole nitrogens is 1. The quantitative estimate of drug-likeness (QED) is 0.289. The van der Waals surface area contributed by atoms with Gasteiger partial charge in [0.15, 0.2) is 5.82 Å². The number of likely N-dealkylation sites (tertiary alicyclic amines) is 1. The Labute approximate surface area is 261 Å². The molecule has 4 amide bonds. The summed E-state index contributed by atoms with van der Waals surface area (Å²) < 4.78 is 23.3. The van der Waals surface area contributed by atoms with Crippen molar-refractivity contribution in [1.82, 2.24) is 36.0 Å². The summed E-state index contributed by atoms with van der Waals surface area (Å²) in [6, 6.07) is 11.7. The summed E-state index contributed by atoms with van der Waals surface area (Å²) in [7, 11) is 1.58. The molecule has 0 unspecified atom stereocenters. The van der Waals surface area contributed by atoms with Gasteiger partial charge in [0.2, 0.25) is 5.91 Å². The fourth-order valence-electron chi connectivity index (χ4n) is 5.15. The van der Waals surface area contributed by atoms with Gasteiger partial charge in [-0.3, -0.25) is 14.7 Å². The Kier molecular flexibility index (Phi) is 10.8. The Bertz CT molecular complexity index is 1480. The molecule has 1 saturated heterocycles. The number of methoxy groups -OCH3 is 1. The van der Waals surface area contributed by atoms with Gasteiger partial charge in [-0.25, -0.2) is 9.78 Å². The maximum atomic E-state index is 13.1. The van der Waals surface area contributed by atoms with Gasteiger partial charge in [-0.1, -0.05) is 12.1 Å². The monoisotopic (exact) mass is 621 g/mol. The molecule has 0 aliphatic carbocycles. The van der Waals surface area contributed by atoms with Crippen LogP contribution in [0.5, 0.6) is 17.2 Å². The smallest absolute Gasteiger partial charge is 0.315 e. The van der Waals surface area contributed by atoms with Crippen molar-refractivity contribution in [3.63, 3.8) is 0 Å². The van der Waals surface area contributed by atoms with Crippen molar-refractivity contribution in [1.29, 1.82) is 0 Å². The largest absolute Gasteiger partial charge is 0.491 e. The van der Waals surface area contributed by atoms with E-state index in [0.717, 1.165) is 5.56 Å². The number of aromatic nitrogens is 3. The Balaban J connectivity index is 1.31. The molecule has 3 heterocycles. The maximum Gasteiger partial charge on any atom is 0.315 e. The van der Waals surface area contributed by atoms with E-state index in [2.05, 4.69) is 31.1 Å². The summed E-state index contributed by atoms with van der Waals surface area (Å²) in [6.45, 7) is 3.95. The number of rotatable bonds is 7. The van der Waals surface area contributed by atoms with E-state index in [1.165, 1.54) is 0 Å². The number of hydrogen-bond donors (Lipinski definition) is 4. The number of hydrogen-bond acceptors (Lipinski definition) is 9. The summed E-state index contributed by atoms with van der Waals surface area (Å²) in [4.78, 5) is 44.9. The van der Waals surface area contributed by atoms with Crippen LogP contribution in [0.2, 0.25) is 0 Å². The van der Waals surface area contributed by atoms with Crippen LogP contribution in [-0.2, 0) is 27.3 Å². The molecular weight excluding hydrogens is 582 g/mol. The Morgan fingerprint density at radius 1 is 1.09 bits per heavy atom. The summed E-state index contributed by atoms with van der Waals surface area (Å²) in [6.07, 6.45) is 0.773. The minimum atomic E-state index is -0.453. The van der Waals surface area contributed by atoms with Crippen LogP contribution in [0.4, 0.5) is 4.79 Å². The number of aryl methyl sites for hydroxylation is 2. The van der Waals surface area contributed by atoms with Crippen LogP contribution in [0, 0.1) is 6.92 Å². The van der Waals surface area contributed by atoms with Crippen LogP contribution in [-0.4, -0.2) is 96.6 Å². The number of carbonyl (C=O) groups excluding carboxylic acids is 3. The third-order valence-electron chi connectivity index (χ3n) is 7.43. The molecule has 14 heteroatoms. The predicted molar refractivity (Wildman–Crippen MR) is 162 cm³/mol. The SMILES string of the molecule is COCCOc1cc2cc(c1)C(=O)NCCNC(=O)N[C@H]1CCN(C(=O)CCc3n[nH]c(C)n3)C[C@@H]1OCc1cccc(c1)O2. The van der Waals surface area contributed by atoms with E-state index >= 15 is 0 Å². The van der Waals surface area contributed by atoms with Gasteiger partial charge in [0.25, 0.3) is 5.91 Å². The molecule has 5 rings (SSSR count). The lowest BCUT2D eigenvalue weighted by Gasteiger charge is -2.38. The molecule has 2 atom stereocenters. The molecule has 45 heavy (non-hydrogen) atoms. The molecule has 240 valence electrons. The summed E-state index contributed by atoms with van der Waals surface area (Å²) in [5, 5.41) is 15.5. The number of benzene rings is 2. The zero-order chi connectivity index (χ0) is 31.6. The first-order valence-corrected chi connectivity index (χ1v) is 15.0. The first-order chi connectivity index (χ1) is 21.9. The highest BCUT2D eigenvalue weighted by Gasteiger charge is 2.33. The molecule has 3 aromatic rings. The van der Waals surface area contributed by atoms with Crippen LogP contribution in [0.25, 0.3) is 0 Å².